The molecule has 1 atom stereocenters. The number of methoxy groups -OCH3 is 1. The van der Waals surface area contributed by atoms with Gasteiger partial charge in [-0.1, -0.05) is 6.07 Å². The number of pyridine rings is 2. The zero-order valence-corrected chi connectivity index (χ0v) is 18.2. The molecule has 33 heavy (non-hydrogen) atoms. The van der Waals surface area contributed by atoms with Crippen molar-refractivity contribution < 1.29 is 33.8 Å². The van der Waals surface area contributed by atoms with Gasteiger partial charge in [-0.15, -0.1) is 0 Å². The monoisotopic (exact) mass is 458 g/mol. The van der Waals surface area contributed by atoms with E-state index in [2.05, 4.69) is 20.0 Å². The molecule has 11 heteroatoms. The Morgan fingerprint density at radius 1 is 1.27 bits per heavy atom. The van der Waals surface area contributed by atoms with Crippen LogP contribution in [0.5, 0.6) is 0 Å². The number of nitrogens with one attached hydrogen (secondary N) is 1. The fourth-order valence-electron chi connectivity index (χ4n) is 3.08. The molecular weight excluding hydrogens is 432 g/mol. The first kappa shape index (κ1) is 25.4. The van der Waals surface area contributed by atoms with Crippen LogP contribution in [-0.4, -0.2) is 84.2 Å². The van der Waals surface area contributed by atoms with E-state index in [1.807, 2.05) is 18.2 Å². The maximum Gasteiger partial charge on any atom is 0.339 e. The van der Waals surface area contributed by atoms with Crippen molar-refractivity contribution in [3.8, 4) is 0 Å². The molecule has 2 amide bonds. The van der Waals surface area contributed by atoms with Gasteiger partial charge < -0.3 is 24.8 Å². The Bertz CT molecular complexity index is 922. The molecule has 11 nitrogen and oxygen atoms in total. The fourth-order valence-corrected chi connectivity index (χ4v) is 3.08. The van der Waals surface area contributed by atoms with Gasteiger partial charge in [0.15, 0.2) is 0 Å². The summed E-state index contributed by atoms with van der Waals surface area (Å²) in [6.45, 7) is 1.38. The van der Waals surface area contributed by atoms with Crippen LogP contribution in [0.25, 0.3) is 0 Å². The van der Waals surface area contributed by atoms with Crippen molar-refractivity contribution >= 4 is 24.3 Å². The minimum absolute atomic E-state index is 0.167. The van der Waals surface area contributed by atoms with Crippen LogP contribution in [0.2, 0.25) is 0 Å². The predicted molar refractivity (Wildman–Crippen MR) is 115 cm³/mol. The van der Waals surface area contributed by atoms with E-state index >= 15 is 0 Å². The Labute approximate surface area is 190 Å². The van der Waals surface area contributed by atoms with Gasteiger partial charge in [-0.05, 0) is 24.3 Å². The Hall–Kier alpha value is -3.86. The van der Waals surface area contributed by atoms with Gasteiger partial charge in [0, 0.05) is 44.1 Å². The van der Waals surface area contributed by atoms with Crippen LogP contribution >= 0.6 is 0 Å². The lowest BCUT2D eigenvalue weighted by molar-refractivity contribution is -0.126. The summed E-state index contributed by atoms with van der Waals surface area (Å²) in [6.07, 6.45) is 3.64. The van der Waals surface area contributed by atoms with Crippen LogP contribution in [0, 0.1) is 5.92 Å². The molecule has 0 saturated carbocycles. The minimum atomic E-state index is -0.521. The summed E-state index contributed by atoms with van der Waals surface area (Å²) in [6, 6.07) is 8.61. The number of hydrogen-bond donors (Lipinski definition) is 2. The molecule has 2 aromatic rings. The van der Waals surface area contributed by atoms with Gasteiger partial charge in [-0.3, -0.25) is 24.4 Å². The highest BCUT2D eigenvalue weighted by Gasteiger charge is 2.28. The third kappa shape index (κ3) is 7.96. The molecule has 1 aliphatic heterocycles. The number of esters is 1. The summed E-state index contributed by atoms with van der Waals surface area (Å²) < 4.78 is 10.2. The number of carboxylic acid groups (broad SMARTS) is 1. The van der Waals surface area contributed by atoms with E-state index in [9.17, 15) is 14.4 Å². The first-order valence-electron chi connectivity index (χ1n) is 10.2. The Morgan fingerprint density at radius 2 is 2.06 bits per heavy atom. The molecule has 3 heterocycles. The second-order valence-electron chi connectivity index (χ2n) is 6.91. The number of amides is 2. The lowest BCUT2D eigenvalue weighted by Gasteiger charge is -2.23. The van der Waals surface area contributed by atoms with Crippen LogP contribution in [-0.2, 0) is 25.5 Å². The third-order valence-corrected chi connectivity index (χ3v) is 4.73. The molecule has 1 unspecified atom stereocenters. The highest BCUT2D eigenvalue weighted by molar-refractivity contribution is 5.94. The second kappa shape index (κ2) is 13.5. The minimum Gasteiger partial charge on any atom is -0.483 e. The summed E-state index contributed by atoms with van der Waals surface area (Å²) in [5, 5.41) is 9.78. The van der Waals surface area contributed by atoms with Crippen molar-refractivity contribution in [3.63, 3.8) is 0 Å². The van der Waals surface area contributed by atoms with Crippen LogP contribution in [0.4, 0.5) is 0 Å². The lowest BCUT2D eigenvalue weighted by Crippen LogP contribution is -2.42. The molecule has 1 saturated heterocycles. The summed E-state index contributed by atoms with van der Waals surface area (Å²) in [5.41, 5.74) is 1.35. The molecule has 0 spiro atoms. The molecular formula is C22H26N4O7. The van der Waals surface area contributed by atoms with E-state index in [0.717, 1.165) is 5.69 Å². The molecule has 0 aromatic carbocycles. The maximum absolute atomic E-state index is 12.8. The molecule has 0 bridgehead atoms. The van der Waals surface area contributed by atoms with Crippen molar-refractivity contribution in [2.45, 2.75) is 6.42 Å². The van der Waals surface area contributed by atoms with E-state index in [1.54, 1.807) is 11.1 Å². The van der Waals surface area contributed by atoms with E-state index < -0.39 is 11.9 Å². The quantitative estimate of drug-likeness (QED) is 0.464. The zero-order chi connectivity index (χ0) is 24.1. The average Bonchev–Trinajstić information content (AvgIpc) is 3.11. The molecule has 3 rings (SSSR count). The maximum atomic E-state index is 12.8. The van der Waals surface area contributed by atoms with Gasteiger partial charge in [0.05, 0.1) is 31.8 Å². The van der Waals surface area contributed by atoms with E-state index in [-0.39, 0.29) is 42.7 Å². The summed E-state index contributed by atoms with van der Waals surface area (Å²) >= 11 is 0. The Kier molecular flexibility index (Phi) is 10.4. The first-order valence-corrected chi connectivity index (χ1v) is 10.2. The SMILES string of the molecule is COC(=O)c1ccc(C(=O)N2CCOCC(C(=O)NCCc3ccccn3)C2)nc1.O=CO. The van der Waals surface area contributed by atoms with Crippen molar-refractivity contribution in [2.75, 3.05) is 40.0 Å². The molecule has 2 aromatic heterocycles. The van der Waals surface area contributed by atoms with Crippen LogP contribution < -0.4 is 5.32 Å². The van der Waals surface area contributed by atoms with Gasteiger partial charge in [0.2, 0.25) is 5.91 Å². The smallest absolute Gasteiger partial charge is 0.339 e. The predicted octanol–water partition coefficient (Wildman–Crippen LogP) is 0.412. The van der Waals surface area contributed by atoms with Crippen molar-refractivity contribution in [3.05, 3.63) is 59.7 Å². The van der Waals surface area contributed by atoms with Gasteiger partial charge in [0.25, 0.3) is 12.4 Å². The highest BCUT2D eigenvalue weighted by Crippen LogP contribution is 2.12. The molecule has 0 radical (unpaired) electrons. The molecule has 1 fully saturated rings. The number of aromatic nitrogens is 2. The number of rotatable bonds is 6. The normalized spacial score (nSPS) is 15.3. The lowest BCUT2D eigenvalue weighted by atomic mass is 10.1. The topological polar surface area (TPSA) is 148 Å². The van der Waals surface area contributed by atoms with Crippen LogP contribution in [0.3, 0.4) is 0 Å². The second-order valence-corrected chi connectivity index (χ2v) is 6.91. The highest BCUT2D eigenvalue weighted by atomic mass is 16.5. The number of hydrogen-bond acceptors (Lipinski definition) is 8. The van der Waals surface area contributed by atoms with Crippen LogP contribution in [0.1, 0.15) is 26.5 Å². The standard InChI is InChI=1S/C21H24N4O5.CH2O2/c1-29-21(28)15-5-6-18(24-12-15)20(27)25-10-11-30-14-16(13-25)19(26)23-9-7-17-4-2-3-8-22-17;2-1-3/h2-6,8,12,16H,7,9-11,13-14H2,1H3,(H,23,26);1H,(H,2,3). The molecule has 2 N–H and O–H groups in total. The summed E-state index contributed by atoms with van der Waals surface area (Å²) in [5.74, 6) is -1.48. The molecule has 176 valence electrons. The molecule has 0 aliphatic carbocycles. The van der Waals surface area contributed by atoms with Gasteiger partial charge in [-0.25, -0.2) is 4.79 Å². The van der Waals surface area contributed by atoms with Gasteiger partial charge >= 0.3 is 5.97 Å². The van der Waals surface area contributed by atoms with Crippen molar-refractivity contribution in [1.29, 1.82) is 0 Å². The van der Waals surface area contributed by atoms with Crippen molar-refractivity contribution in [1.82, 2.24) is 20.2 Å². The number of nitrogens with zero attached hydrogens (tertiary/aromatic N) is 3. The number of carbonyl (C=O) groups excluding carboxylic acids is 3. The fraction of sp³-hybridized carbons (Fsp3) is 0.364. The van der Waals surface area contributed by atoms with Gasteiger partial charge in [0.1, 0.15) is 5.69 Å². The van der Waals surface area contributed by atoms with Crippen LogP contribution in [0.15, 0.2) is 42.7 Å². The van der Waals surface area contributed by atoms with Crippen molar-refractivity contribution in [2.24, 2.45) is 5.92 Å². The number of ether oxygens (including phenoxy) is 2. The zero-order valence-electron chi connectivity index (χ0n) is 18.2. The summed E-state index contributed by atoms with van der Waals surface area (Å²) in [7, 11) is 1.28. The van der Waals surface area contributed by atoms with E-state index in [0.29, 0.717) is 26.1 Å². The Balaban J connectivity index is 0.00000122. The average molecular weight is 458 g/mol. The molecule has 1 aliphatic rings. The Morgan fingerprint density at radius 3 is 2.70 bits per heavy atom. The third-order valence-electron chi connectivity index (χ3n) is 4.73. The van der Waals surface area contributed by atoms with Gasteiger partial charge in [-0.2, -0.15) is 0 Å². The van der Waals surface area contributed by atoms with E-state index in [4.69, 9.17) is 14.6 Å². The largest absolute Gasteiger partial charge is 0.483 e. The number of carbonyl (C=O) groups is 4. The summed E-state index contributed by atoms with van der Waals surface area (Å²) in [4.78, 5) is 55.1. The first-order chi connectivity index (χ1) is 16.0. The van der Waals surface area contributed by atoms with E-state index in [1.165, 1.54) is 25.4 Å².